The number of halogens is 1. The molecule has 1 aromatic heterocycles. The molecule has 1 aliphatic carbocycles. The van der Waals surface area contributed by atoms with E-state index in [-0.39, 0.29) is 5.82 Å². The van der Waals surface area contributed by atoms with Crippen LogP contribution in [-0.4, -0.2) is 39.0 Å². The van der Waals surface area contributed by atoms with Crippen molar-refractivity contribution in [2.75, 3.05) is 13.1 Å². The summed E-state index contributed by atoms with van der Waals surface area (Å²) in [7, 11) is 0. The van der Waals surface area contributed by atoms with Gasteiger partial charge in [-0.3, -0.25) is 4.90 Å². The van der Waals surface area contributed by atoms with Crippen molar-refractivity contribution >= 4 is 0 Å². The van der Waals surface area contributed by atoms with E-state index in [1.807, 2.05) is 44.2 Å². The molecule has 6 heteroatoms. The normalized spacial score (nSPS) is 14.8. The fraction of sp³-hybridized carbons (Fsp3) is 0.375. The number of aromatic nitrogens is 2. The molecule has 1 atom stereocenters. The second-order valence-corrected chi connectivity index (χ2v) is 8.16. The van der Waals surface area contributed by atoms with Gasteiger partial charge in [-0.15, -0.1) is 0 Å². The van der Waals surface area contributed by atoms with Crippen LogP contribution in [0.4, 0.5) is 4.39 Å². The lowest BCUT2D eigenvalue weighted by atomic mass is 10.2. The number of hydrogen-bond acceptors (Lipinski definition) is 4. The number of rotatable bonds is 9. The van der Waals surface area contributed by atoms with E-state index >= 15 is 0 Å². The molecule has 0 radical (unpaired) electrons. The van der Waals surface area contributed by atoms with Gasteiger partial charge >= 0.3 is 0 Å². The first kappa shape index (κ1) is 20.6. The van der Waals surface area contributed by atoms with Gasteiger partial charge in [-0.2, -0.15) is 5.10 Å². The van der Waals surface area contributed by atoms with Crippen LogP contribution < -0.4 is 4.74 Å². The first-order valence-electron chi connectivity index (χ1n) is 10.5. The fourth-order valence-corrected chi connectivity index (χ4v) is 3.65. The summed E-state index contributed by atoms with van der Waals surface area (Å²) in [5, 5.41) is 14.7. The minimum Gasteiger partial charge on any atom is -0.439 e. The molecule has 0 unspecified atom stereocenters. The largest absolute Gasteiger partial charge is 0.439 e. The van der Waals surface area contributed by atoms with Crippen molar-refractivity contribution in [3.63, 3.8) is 0 Å². The van der Waals surface area contributed by atoms with Gasteiger partial charge in [0.1, 0.15) is 11.6 Å². The van der Waals surface area contributed by atoms with Gasteiger partial charge in [0, 0.05) is 19.6 Å². The summed E-state index contributed by atoms with van der Waals surface area (Å²) < 4.78 is 21.4. The Hall–Kier alpha value is -2.70. The number of hydrogen-bond donors (Lipinski definition) is 1. The molecule has 30 heavy (non-hydrogen) atoms. The zero-order chi connectivity index (χ0) is 21.1. The van der Waals surface area contributed by atoms with E-state index in [2.05, 4.69) is 4.90 Å². The number of nitrogens with zero attached hydrogens (tertiary/aromatic N) is 3. The van der Waals surface area contributed by atoms with Gasteiger partial charge in [0.2, 0.25) is 5.88 Å². The van der Waals surface area contributed by atoms with Crippen molar-refractivity contribution in [1.29, 1.82) is 0 Å². The predicted octanol–water partition coefficient (Wildman–Crippen LogP) is 4.70. The van der Waals surface area contributed by atoms with Crippen LogP contribution in [0, 0.1) is 18.7 Å². The Bertz CT molecular complexity index is 962. The maximum Gasteiger partial charge on any atom is 0.227 e. The number of benzene rings is 2. The molecule has 1 fully saturated rings. The summed E-state index contributed by atoms with van der Waals surface area (Å²) in [6.07, 6.45) is 2.09. The maximum absolute atomic E-state index is 13.4. The van der Waals surface area contributed by atoms with Crippen molar-refractivity contribution < 1.29 is 14.2 Å². The highest BCUT2D eigenvalue weighted by atomic mass is 19.1. The van der Waals surface area contributed by atoms with Crippen LogP contribution in [0.15, 0.2) is 54.6 Å². The van der Waals surface area contributed by atoms with Crippen molar-refractivity contribution in [1.82, 2.24) is 14.7 Å². The Labute approximate surface area is 176 Å². The van der Waals surface area contributed by atoms with Gasteiger partial charge in [-0.25, -0.2) is 9.07 Å². The molecule has 5 nitrogen and oxygen atoms in total. The number of ether oxygens (including phenoxy) is 1. The molecule has 1 saturated carbocycles. The Morgan fingerprint density at radius 2 is 1.87 bits per heavy atom. The summed E-state index contributed by atoms with van der Waals surface area (Å²) in [5.41, 5.74) is 2.75. The zero-order valence-electron chi connectivity index (χ0n) is 17.5. The minimum absolute atomic E-state index is 0.303. The van der Waals surface area contributed by atoms with Crippen LogP contribution >= 0.6 is 0 Å². The molecular weight excluding hydrogens is 381 g/mol. The Balaban J connectivity index is 1.70. The molecule has 2 aromatic carbocycles. The van der Waals surface area contributed by atoms with E-state index in [0.29, 0.717) is 30.6 Å². The molecular formula is C24H28FN3O2. The quantitative estimate of drug-likeness (QED) is 0.556. The highest BCUT2D eigenvalue weighted by Crippen LogP contribution is 2.34. The Morgan fingerprint density at radius 3 is 2.50 bits per heavy atom. The monoisotopic (exact) mass is 409 g/mol. The van der Waals surface area contributed by atoms with Gasteiger partial charge in [0.05, 0.1) is 23.0 Å². The number of aliphatic hydroxyl groups excluding tert-OH is 1. The molecule has 3 aromatic rings. The molecule has 1 aliphatic rings. The van der Waals surface area contributed by atoms with Crippen LogP contribution in [0.5, 0.6) is 11.6 Å². The fourth-order valence-electron chi connectivity index (χ4n) is 3.65. The van der Waals surface area contributed by atoms with E-state index in [1.54, 1.807) is 16.8 Å². The summed E-state index contributed by atoms with van der Waals surface area (Å²) in [6, 6.07) is 15.8. The number of para-hydroxylation sites is 1. The SMILES string of the molecule is Cc1nn(-c2ccccc2)c(Oc2ccc(F)cc2)c1CN(CC1CC1)C[C@H](C)O. The Morgan fingerprint density at radius 1 is 1.17 bits per heavy atom. The lowest BCUT2D eigenvalue weighted by molar-refractivity contribution is 0.118. The average molecular weight is 410 g/mol. The van der Waals surface area contributed by atoms with Crippen molar-refractivity contribution in [2.24, 2.45) is 5.92 Å². The van der Waals surface area contributed by atoms with E-state index < -0.39 is 6.10 Å². The summed E-state index contributed by atoms with van der Waals surface area (Å²) in [4.78, 5) is 2.28. The topological polar surface area (TPSA) is 50.5 Å². The maximum atomic E-state index is 13.4. The molecule has 158 valence electrons. The zero-order valence-corrected chi connectivity index (χ0v) is 17.5. The Kier molecular flexibility index (Phi) is 6.16. The van der Waals surface area contributed by atoms with E-state index in [0.717, 1.165) is 23.5 Å². The van der Waals surface area contributed by atoms with E-state index in [4.69, 9.17) is 9.84 Å². The smallest absolute Gasteiger partial charge is 0.227 e. The summed E-state index contributed by atoms with van der Waals surface area (Å²) in [6.45, 7) is 5.98. The van der Waals surface area contributed by atoms with Gasteiger partial charge < -0.3 is 9.84 Å². The van der Waals surface area contributed by atoms with Crippen molar-refractivity contribution in [3.05, 3.63) is 71.7 Å². The molecule has 0 saturated heterocycles. The lowest BCUT2D eigenvalue weighted by Crippen LogP contribution is -2.32. The predicted molar refractivity (Wildman–Crippen MR) is 114 cm³/mol. The minimum atomic E-state index is -0.408. The van der Waals surface area contributed by atoms with Crippen LogP contribution in [0.1, 0.15) is 31.0 Å². The molecule has 0 spiro atoms. The second kappa shape index (κ2) is 8.98. The van der Waals surface area contributed by atoms with Gasteiger partial charge in [-0.05, 0) is 69.0 Å². The molecule has 1 N–H and O–H groups in total. The molecule has 0 aliphatic heterocycles. The molecule has 0 bridgehead atoms. The third-order valence-electron chi connectivity index (χ3n) is 5.28. The van der Waals surface area contributed by atoms with Gasteiger partial charge in [-0.1, -0.05) is 18.2 Å². The average Bonchev–Trinajstić information content (AvgIpc) is 3.49. The van der Waals surface area contributed by atoms with Crippen molar-refractivity contribution in [2.45, 2.75) is 39.3 Å². The second-order valence-electron chi connectivity index (χ2n) is 8.16. The summed E-state index contributed by atoms with van der Waals surface area (Å²) in [5.74, 6) is 1.58. The van der Waals surface area contributed by atoms with Gasteiger partial charge in [0.25, 0.3) is 0 Å². The molecule has 4 rings (SSSR count). The third kappa shape index (κ3) is 5.07. The molecule has 0 amide bonds. The summed E-state index contributed by atoms with van der Waals surface area (Å²) >= 11 is 0. The van der Waals surface area contributed by atoms with Gasteiger partial charge in [0.15, 0.2) is 0 Å². The number of aryl methyl sites for hydroxylation is 1. The van der Waals surface area contributed by atoms with Crippen LogP contribution in [0.2, 0.25) is 0 Å². The third-order valence-corrected chi connectivity index (χ3v) is 5.28. The highest BCUT2D eigenvalue weighted by Gasteiger charge is 2.27. The number of aliphatic hydroxyl groups is 1. The first-order valence-corrected chi connectivity index (χ1v) is 10.5. The highest BCUT2D eigenvalue weighted by molar-refractivity contribution is 5.43. The van der Waals surface area contributed by atoms with E-state index in [1.165, 1.54) is 25.0 Å². The lowest BCUT2D eigenvalue weighted by Gasteiger charge is -2.24. The molecule has 1 heterocycles. The van der Waals surface area contributed by atoms with Crippen LogP contribution in [0.25, 0.3) is 5.69 Å². The first-order chi connectivity index (χ1) is 14.5. The van der Waals surface area contributed by atoms with Crippen LogP contribution in [-0.2, 0) is 6.54 Å². The van der Waals surface area contributed by atoms with Crippen LogP contribution in [0.3, 0.4) is 0 Å². The van der Waals surface area contributed by atoms with E-state index in [9.17, 15) is 9.50 Å². The standard InChI is InChI=1S/C24H28FN3O2/c1-17(29)14-27(15-19-8-9-19)16-23-18(2)26-28(21-6-4-3-5-7-21)24(23)30-22-12-10-20(25)11-13-22/h3-7,10-13,17,19,29H,8-9,14-16H2,1-2H3/t17-/m0/s1. The van der Waals surface area contributed by atoms with Crippen molar-refractivity contribution in [3.8, 4) is 17.3 Å².